The first-order valence-corrected chi connectivity index (χ1v) is 9.88. The Hall–Kier alpha value is -2.19. The zero-order chi connectivity index (χ0) is 19.8. The third-order valence-electron chi connectivity index (χ3n) is 4.47. The molecule has 2 aromatic rings. The van der Waals surface area contributed by atoms with Crippen molar-refractivity contribution >= 4 is 40.6 Å². The van der Waals surface area contributed by atoms with E-state index in [1.165, 1.54) is 4.90 Å². The number of alkyl halides is 1. The number of aromatic nitrogens is 2. The zero-order valence-corrected chi connectivity index (χ0v) is 16.9. The molecule has 3 rings (SSSR count). The van der Waals surface area contributed by atoms with Gasteiger partial charge in [-0.05, 0) is 35.1 Å². The molecule has 1 aliphatic rings. The van der Waals surface area contributed by atoms with Crippen molar-refractivity contribution < 1.29 is 14.7 Å². The number of hydrogen-bond acceptors (Lipinski definition) is 5. The average molecular weight is 409 g/mol. The van der Waals surface area contributed by atoms with Crippen molar-refractivity contribution in [2.75, 3.05) is 11.9 Å². The van der Waals surface area contributed by atoms with Gasteiger partial charge in [0.2, 0.25) is 5.01 Å². The molecule has 9 heteroatoms. The minimum Gasteiger partial charge on any atom is -0.465 e. The number of nitrogens with zero attached hydrogens (tertiary/aromatic N) is 3. The number of hydrogen-bond donors (Lipinski definition) is 2. The molecule has 1 aromatic carbocycles. The van der Waals surface area contributed by atoms with Gasteiger partial charge < -0.3 is 15.3 Å². The standard InChI is InChI=1S/C18H21ClN4O3S/c1-18(2,3)14-12-5-4-11(8-10(12)6-7-23(14)17(25)26)20-15(24)16-22-21-13(9-19)27-16/h4-5,8,14H,6-7,9H2,1-3H3,(H,20,24)(H,25,26). The summed E-state index contributed by atoms with van der Waals surface area (Å²) < 4.78 is 0. The van der Waals surface area contributed by atoms with Crippen LogP contribution in [0, 0.1) is 5.41 Å². The lowest BCUT2D eigenvalue weighted by molar-refractivity contribution is 0.0759. The maximum absolute atomic E-state index is 12.3. The van der Waals surface area contributed by atoms with Gasteiger partial charge in [0.05, 0.1) is 11.9 Å². The second kappa shape index (κ2) is 7.44. The van der Waals surface area contributed by atoms with E-state index in [1.54, 1.807) is 6.07 Å². The lowest BCUT2D eigenvalue weighted by Gasteiger charge is -2.43. The van der Waals surface area contributed by atoms with Crippen LogP contribution in [0.3, 0.4) is 0 Å². The summed E-state index contributed by atoms with van der Waals surface area (Å²) >= 11 is 6.86. The van der Waals surface area contributed by atoms with Crippen molar-refractivity contribution in [1.29, 1.82) is 0 Å². The SMILES string of the molecule is CC(C)(C)C1c2ccc(NC(=O)c3nnc(CCl)s3)cc2CCN1C(=O)O. The highest BCUT2D eigenvalue weighted by Crippen LogP contribution is 2.42. The fourth-order valence-electron chi connectivity index (χ4n) is 3.43. The van der Waals surface area contributed by atoms with Gasteiger partial charge in [-0.3, -0.25) is 4.79 Å². The lowest BCUT2D eigenvalue weighted by Crippen LogP contribution is -2.44. The highest BCUT2D eigenvalue weighted by Gasteiger charge is 2.38. The van der Waals surface area contributed by atoms with Crippen LogP contribution in [-0.2, 0) is 12.3 Å². The molecule has 2 N–H and O–H groups in total. The van der Waals surface area contributed by atoms with E-state index in [0.29, 0.717) is 23.7 Å². The van der Waals surface area contributed by atoms with Crippen LogP contribution < -0.4 is 5.32 Å². The number of carbonyl (C=O) groups excluding carboxylic acids is 1. The predicted octanol–water partition coefficient (Wildman–Crippen LogP) is 4.15. The van der Waals surface area contributed by atoms with Crippen molar-refractivity contribution in [1.82, 2.24) is 15.1 Å². The van der Waals surface area contributed by atoms with Crippen LogP contribution in [0.2, 0.25) is 0 Å². The number of halogens is 1. The van der Waals surface area contributed by atoms with Gasteiger partial charge in [-0.25, -0.2) is 4.79 Å². The summed E-state index contributed by atoms with van der Waals surface area (Å²) in [4.78, 5) is 25.5. The summed E-state index contributed by atoms with van der Waals surface area (Å²) in [6.45, 7) is 6.52. The molecule has 0 spiro atoms. The second-order valence-electron chi connectivity index (χ2n) is 7.50. The largest absolute Gasteiger partial charge is 0.465 e. The Balaban J connectivity index is 1.86. The van der Waals surface area contributed by atoms with E-state index in [0.717, 1.165) is 22.5 Å². The molecule has 0 saturated carbocycles. The second-order valence-corrected chi connectivity index (χ2v) is 8.83. The third kappa shape index (κ3) is 4.06. The fraction of sp³-hybridized carbons (Fsp3) is 0.444. The maximum atomic E-state index is 12.3. The summed E-state index contributed by atoms with van der Waals surface area (Å²) in [5, 5.41) is 20.9. The highest BCUT2D eigenvalue weighted by atomic mass is 35.5. The van der Waals surface area contributed by atoms with Crippen LogP contribution in [0.4, 0.5) is 10.5 Å². The Morgan fingerprint density at radius 2 is 2.11 bits per heavy atom. The lowest BCUT2D eigenvalue weighted by atomic mass is 9.77. The Morgan fingerprint density at radius 3 is 2.70 bits per heavy atom. The molecule has 2 heterocycles. The van der Waals surface area contributed by atoms with Crippen molar-refractivity contribution in [2.45, 2.75) is 39.1 Å². The first-order valence-electron chi connectivity index (χ1n) is 8.53. The molecule has 0 aliphatic carbocycles. The van der Waals surface area contributed by atoms with Crippen LogP contribution in [0.1, 0.15) is 52.7 Å². The number of anilines is 1. The zero-order valence-electron chi connectivity index (χ0n) is 15.3. The van der Waals surface area contributed by atoms with Gasteiger partial charge in [-0.15, -0.1) is 21.8 Å². The Morgan fingerprint density at radius 1 is 1.37 bits per heavy atom. The van der Waals surface area contributed by atoms with Crippen molar-refractivity contribution in [3.63, 3.8) is 0 Å². The highest BCUT2D eigenvalue weighted by molar-refractivity contribution is 7.13. The quantitative estimate of drug-likeness (QED) is 0.743. The van der Waals surface area contributed by atoms with Crippen molar-refractivity contribution in [3.8, 4) is 0 Å². The molecule has 27 heavy (non-hydrogen) atoms. The molecular formula is C18H21ClN4O3S. The van der Waals surface area contributed by atoms with Crippen LogP contribution in [0.5, 0.6) is 0 Å². The number of amides is 2. The van der Waals surface area contributed by atoms with E-state index in [9.17, 15) is 14.7 Å². The molecule has 144 valence electrons. The van der Waals surface area contributed by atoms with E-state index in [1.807, 2.05) is 32.9 Å². The number of nitrogens with one attached hydrogen (secondary N) is 1. The molecule has 1 aromatic heterocycles. The van der Waals surface area contributed by atoms with E-state index in [-0.39, 0.29) is 28.3 Å². The molecule has 0 saturated heterocycles. The van der Waals surface area contributed by atoms with Gasteiger partial charge >= 0.3 is 6.09 Å². The normalized spacial score (nSPS) is 16.7. The summed E-state index contributed by atoms with van der Waals surface area (Å²) in [6.07, 6.45) is -0.308. The minimum absolute atomic E-state index is 0.220. The Bertz CT molecular complexity index is 878. The Labute approximate surface area is 166 Å². The summed E-state index contributed by atoms with van der Waals surface area (Å²) in [6, 6.07) is 5.37. The average Bonchev–Trinajstić information content (AvgIpc) is 3.09. The number of carboxylic acid groups (broad SMARTS) is 1. The van der Waals surface area contributed by atoms with Crippen LogP contribution in [0.25, 0.3) is 0 Å². The number of carbonyl (C=O) groups is 2. The number of rotatable bonds is 3. The van der Waals surface area contributed by atoms with E-state index >= 15 is 0 Å². The smallest absolute Gasteiger partial charge is 0.407 e. The molecule has 0 bridgehead atoms. The van der Waals surface area contributed by atoms with E-state index in [4.69, 9.17) is 11.6 Å². The molecular weight excluding hydrogens is 388 g/mol. The predicted molar refractivity (Wildman–Crippen MR) is 104 cm³/mol. The molecule has 1 unspecified atom stereocenters. The van der Waals surface area contributed by atoms with E-state index < -0.39 is 6.09 Å². The topological polar surface area (TPSA) is 95.4 Å². The molecule has 2 amide bonds. The van der Waals surface area contributed by atoms with Gasteiger partial charge in [0.15, 0.2) is 0 Å². The molecule has 0 fully saturated rings. The first kappa shape index (κ1) is 19.6. The Kier molecular flexibility index (Phi) is 5.39. The van der Waals surface area contributed by atoms with E-state index in [2.05, 4.69) is 15.5 Å². The van der Waals surface area contributed by atoms with Gasteiger partial charge in [0.1, 0.15) is 5.01 Å². The van der Waals surface area contributed by atoms with Crippen LogP contribution in [-0.4, -0.2) is 38.7 Å². The molecule has 1 aliphatic heterocycles. The minimum atomic E-state index is -0.913. The van der Waals surface area contributed by atoms with Crippen molar-refractivity contribution in [2.24, 2.45) is 5.41 Å². The van der Waals surface area contributed by atoms with Gasteiger partial charge in [-0.1, -0.05) is 38.2 Å². The summed E-state index contributed by atoms with van der Waals surface area (Å²) in [7, 11) is 0. The molecule has 0 radical (unpaired) electrons. The fourth-order valence-corrected chi connectivity index (χ4v) is 4.23. The molecule has 1 atom stereocenters. The van der Waals surface area contributed by atoms with Gasteiger partial charge in [0.25, 0.3) is 5.91 Å². The monoisotopic (exact) mass is 408 g/mol. The summed E-state index contributed by atoms with van der Waals surface area (Å²) in [5.41, 5.74) is 2.43. The number of fused-ring (bicyclic) bond motifs is 1. The number of benzene rings is 1. The maximum Gasteiger partial charge on any atom is 0.407 e. The summed E-state index contributed by atoms with van der Waals surface area (Å²) in [5.74, 6) is -0.114. The van der Waals surface area contributed by atoms with Crippen molar-refractivity contribution in [3.05, 3.63) is 39.3 Å². The first-order chi connectivity index (χ1) is 12.7. The third-order valence-corrected chi connectivity index (χ3v) is 5.80. The van der Waals surface area contributed by atoms with Crippen LogP contribution >= 0.6 is 22.9 Å². The van der Waals surface area contributed by atoms with Gasteiger partial charge in [-0.2, -0.15) is 0 Å². The molecule has 7 nitrogen and oxygen atoms in total. The van der Waals surface area contributed by atoms with Gasteiger partial charge in [0, 0.05) is 12.2 Å². The van der Waals surface area contributed by atoms with Crippen LogP contribution in [0.15, 0.2) is 18.2 Å².